The van der Waals surface area contributed by atoms with Gasteiger partial charge in [0.15, 0.2) is 6.61 Å². The lowest BCUT2D eigenvalue weighted by atomic mass is 10.1. The first-order valence-corrected chi connectivity index (χ1v) is 11.8. The third-order valence-corrected chi connectivity index (χ3v) is 6.01. The third kappa shape index (κ3) is 6.60. The summed E-state index contributed by atoms with van der Waals surface area (Å²) in [4.78, 5) is 28.1. The zero-order valence-corrected chi connectivity index (χ0v) is 20.4. The van der Waals surface area contributed by atoms with Crippen molar-refractivity contribution in [2.24, 2.45) is 7.05 Å². The molecule has 9 nitrogen and oxygen atoms in total. The largest absolute Gasteiger partial charge is 0.492 e. The topological polar surface area (TPSA) is 88.9 Å². The SMILES string of the molecule is CC(=O)N1CCN(CCOc2ccc(NC(=O)COc3cccc(F)c3)cc2-c2ccnn2C)CC1. The van der Waals surface area contributed by atoms with Crippen molar-refractivity contribution >= 4 is 17.5 Å². The second kappa shape index (κ2) is 11.7. The van der Waals surface area contributed by atoms with Crippen molar-refractivity contribution < 1.29 is 23.5 Å². The zero-order chi connectivity index (χ0) is 25.5. The minimum atomic E-state index is -0.428. The first kappa shape index (κ1) is 25.2. The van der Waals surface area contributed by atoms with Crippen molar-refractivity contribution in [2.45, 2.75) is 6.92 Å². The number of rotatable bonds is 9. The van der Waals surface area contributed by atoms with Gasteiger partial charge in [-0.15, -0.1) is 0 Å². The molecule has 0 atom stereocenters. The molecule has 1 aromatic heterocycles. The molecule has 10 heteroatoms. The fourth-order valence-electron chi connectivity index (χ4n) is 4.05. The standard InChI is InChI=1S/C26H30FN5O4/c1-19(33)32-12-10-31(11-13-32)14-15-35-25-7-6-21(17-23(25)24-8-9-28-30(24)2)29-26(34)18-36-22-5-3-4-20(27)16-22/h3-9,16-17H,10-15,18H2,1-2H3,(H,29,34). The third-order valence-electron chi connectivity index (χ3n) is 6.01. The lowest BCUT2D eigenvalue weighted by Gasteiger charge is -2.34. The van der Waals surface area contributed by atoms with Gasteiger partial charge in [-0.3, -0.25) is 19.2 Å². The molecule has 1 fully saturated rings. The van der Waals surface area contributed by atoms with Gasteiger partial charge in [-0.25, -0.2) is 4.39 Å². The quantitative estimate of drug-likeness (QED) is 0.491. The van der Waals surface area contributed by atoms with Crippen molar-refractivity contribution in [3.05, 3.63) is 60.5 Å². The number of anilines is 1. The number of hydrogen-bond donors (Lipinski definition) is 1. The predicted molar refractivity (Wildman–Crippen MR) is 133 cm³/mol. The van der Waals surface area contributed by atoms with Crippen molar-refractivity contribution in [3.8, 4) is 22.8 Å². The van der Waals surface area contributed by atoms with Crippen molar-refractivity contribution in [3.63, 3.8) is 0 Å². The van der Waals surface area contributed by atoms with Gasteiger partial charge in [-0.05, 0) is 36.4 Å². The first-order chi connectivity index (χ1) is 17.4. The van der Waals surface area contributed by atoms with Gasteiger partial charge in [0.05, 0.1) is 5.69 Å². The second-order valence-corrected chi connectivity index (χ2v) is 8.54. The Labute approximate surface area is 209 Å². The van der Waals surface area contributed by atoms with Gasteiger partial charge in [0, 0.05) is 70.2 Å². The first-order valence-electron chi connectivity index (χ1n) is 11.8. The monoisotopic (exact) mass is 495 g/mol. The lowest BCUT2D eigenvalue weighted by Crippen LogP contribution is -2.48. The van der Waals surface area contributed by atoms with Gasteiger partial charge < -0.3 is 19.7 Å². The minimum absolute atomic E-state index is 0.111. The molecule has 0 bridgehead atoms. The van der Waals surface area contributed by atoms with Crippen LogP contribution in [0, 0.1) is 5.82 Å². The van der Waals surface area contributed by atoms with E-state index >= 15 is 0 Å². The number of aryl methyl sites for hydroxylation is 1. The van der Waals surface area contributed by atoms with E-state index in [4.69, 9.17) is 9.47 Å². The summed E-state index contributed by atoms with van der Waals surface area (Å²) in [6, 6.07) is 12.9. The highest BCUT2D eigenvalue weighted by Crippen LogP contribution is 2.32. The maximum absolute atomic E-state index is 13.3. The van der Waals surface area contributed by atoms with Gasteiger partial charge in [0.1, 0.15) is 23.9 Å². The van der Waals surface area contributed by atoms with E-state index in [1.807, 2.05) is 30.1 Å². The number of aromatic nitrogens is 2. The molecule has 2 aromatic carbocycles. The van der Waals surface area contributed by atoms with Gasteiger partial charge in [-0.1, -0.05) is 6.07 Å². The van der Waals surface area contributed by atoms with Crippen LogP contribution in [-0.4, -0.2) is 77.3 Å². The van der Waals surface area contributed by atoms with Crippen LogP contribution in [0.25, 0.3) is 11.3 Å². The summed E-state index contributed by atoms with van der Waals surface area (Å²) in [5, 5.41) is 7.07. The van der Waals surface area contributed by atoms with Crippen LogP contribution in [-0.2, 0) is 16.6 Å². The molecule has 1 saturated heterocycles. The highest BCUT2D eigenvalue weighted by atomic mass is 19.1. The maximum Gasteiger partial charge on any atom is 0.262 e. The lowest BCUT2D eigenvalue weighted by molar-refractivity contribution is -0.130. The fourth-order valence-corrected chi connectivity index (χ4v) is 4.05. The highest BCUT2D eigenvalue weighted by Gasteiger charge is 2.19. The number of hydrogen-bond acceptors (Lipinski definition) is 6. The van der Waals surface area contributed by atoms with Crippen LogP contribution in [0.4, 0.5) is 10.1 Å². The Morgan fingerprint density at radius 1 is 1.06 bits per heavy atom. The summed E-state index contributed by atoms with van der Waals surface area (Å²) in [6.07, 6.45) is 1.70. The Kier molecular flexibility index (Phi) is 8.17. The van der Waals surface area contributed by atoms with Gasteiger partial charge in [-0.2, -0.15) is 5.10 Å². The van der Waals surface area contributed by atoms with E-state index in [9.17, 15) is 14.0 Å². The summed E-state index contributed by atoms with van der Waals surface area (Å²) in [5.74, 6) is 0.276. The number of halogens is 1. The molecule has 0 radical (unpaired) electrons. The summed E-state index contributed by atoms with van der Waals surface area (Å²) in [7, 11) is 1.84. The maximum atomic E-state index is 13.3. The number of amides is 2. The van der Waals surface area contributed by atoms with E-state index in [0.717, 1.165) is 44.0 Å². The summed E-state index contributed by atoms with van der Waals surface area (Å²) in [5.41, 5.74) is 2.21. The van der Waals surface area contributed by atoms with Crippen molar-refractivity contribution in [2.75, 3.05) is 51.3 Å². The molecule has 0 aliphatic carbocycles. The van der Waals surface area contributed by atoms with E-state index in [0.29, 0.717) is 18.0 Å². The second-order valence-electron chi connectivity index (χ2n) is 8.54. The van der Waals surface area contributed by atoms with Gasteiger partial charge in [0.2, 0.25) is 5.91 Å². The molecule has 4 rings (SSSR count). The van der Waals surface area contributed by atoms with Crippen molar-refractivity contribution in [1.29, 1.82) is 0 Å². The van der Waals surface area contributed by atoms with Gasteiger partial charge in [0.25, 0.3) is 5.91 Å². The summed E-state index contributed by atoms with van der Waals surface area (Å²) in [6.45, 7) is 5.67. The molecule has 190 valence electrons. The molecule has 0 saturated carbocycles. The Morgan fingerprint density at radius 3 is 2.56 bits per heavy atom. The Morgan fingerprint density at radius 2 is 1.86 bits per heavy atom. The molecule has 3 aromatic rings. The highest BCUT2D eigenvalue weighted by molar-refractivity contribution is 5.93. The number of nitrogens with one attached hydrogen (secondary N) is 1. The molecular formula is C26H30FN5O4. The molecule has 0 unspecified atom stereocenters. The normalized spacial score (nSPS) is 13.9. The Balaban J connectivity index is 1.38. The van der Waals surface area contributed by atoms with Crippen LogP contribution in [0.2, 0.25) is 0 Å². The van der Waals surface area contributed by atoms with Crippen LogP contribution in [0.1, 0.15) is 6.92 Å². The van der Waals surface area contributed by atoms with Crippen LogP contribution in [0.3, 0.4) is 0 Å². The van der Waals surface area contributed by atoms with E-state index in [-0.39, 0.29) is 24.2 Å². The average Bonchev–Trinajstić information content (AvgIpc) is 3.29. The van der Waals surface area contributed by atoms with E-state index in [2.05, 4.69) is 15.3 Å². The Hall–Kier alpha value is -3.92. The van der Waals surface area contributed by atoms with Crippen LogP contribution in [0.15, 0.2) is 54.7 Å². The summed E-state index contributed by atoms with van der Waals surface area (Å²) >= 11 is 0. The Bertz CT molecular complexity index is 1210. The smallest absolute Gasteiger partial charge is 0.262 e. The molecule has 0 spiro atoms. The van der Waals surface area contributed by atoms with E-state index in [1.54, 1.807) is 29.9 Å². The number of benzene rings is 2. The van der Waals surface area contributed by atoms with E-state index in [1.165, 1.54) is 18.2 Å². The average molecular weight is 496 g/mol. The van der Waals surface area contributed by atoms with Crippen LogP contribution < -0.4 is 14.8 Å². The number of piperazine rings is 1. The number of nitrogens with zero attached hydrogens (tertiary/aromatic N) is 4. The van der Waals surface area contributed by atoms with E-state index < -0.39 is 5.82 Å². The predicted octanol–water partition coefficient (Wildman–Crippen LogP) is 2.79. The van der Waals surface area contributed by atoms with Crippen LogP contribution in [0.5, 0.6) is 11.5 Å². The van der Waals surface area contributed by atoms with Crippen LogP contribution >= 0.6 is 0 Å². The molecule has 2 amide bonds. The zero-order valence-electron chi connectivity index (χ0n) is 20.4. The number of ether oxygens (including phenoxy) is 2. The molecule has 1 aliphatic heterocycles. The fraction of sp³-hybridized carbons (Fsp3) is 0.346. The number of carbonyl (C=O) groups excluding carboxylic acids is 2. The number of carbonyl (C=O) groups is 2. The van der Waals surface area contributed by atoms with Crippen molar-refractivity contribution in [1.82, 2.24) is 19.6 Å². The molecule has 1 N–H and O–H groups in total. The summed E-state index contributed by atoms with van der Waals surface area (Å²) < 4.78 is 26.6. The minimum Gasteiger partial charge on any atom is -0.492 e. The van der Waals surface area contributed by atoms with Gasteiger partial charge >= 0.3 is 0 Å². The molecule has 2 heterocycles. The molecular weight excluding hydrogens is 465 g/mol. The molecule has 36 heavy (non-hydrogen) atoms. The molecule has 1 aliphatic rings.